The fourth-order valence-corrected chi connectivity index (χ4v) is 2.92. The molecule has 0 aliphatic rings. The first-order valence-electron chi connectivity index (χ1n) is 8.55. The van der Waals surface area contributed by atoms with Crippen LogP contribution >= 0.6 is 0 Å². The van der Waals surface area contributed by atoms with Crippen LogP contribution in [0.2, 0.25) is 0 Å². The Morgan fingerprint density at radius 2 is 1.96 bits per heavy atom. The molecule has 0 fully saturated rings. The standard InChI is InChI=1S/C20H24N4O3/c1-13-4-5-17-14(8-13)12-23-24(17)18(11-21)15-9-20(27-7-6-25-2)19(26-3)10-16(15)22/h4-5,8-12H,6-7,21-22H2,1-3H3/b18-11+. The number of rotatable bonds is 7. The molecule has 0 unspecified atom stereocenters. The first kappa shape index (κ1) is 18.6. The van der Waals surface area contributed by atoms with Crippen LogP contribution in [-0.2, 0) is 4.74 Å². The number of nitrogen functional groups attached to an aromatic ring is 1. The van der Waals surface area contributed by atoms with E-state index in [0.717, 1.165) is 16.5 Å². The number of aromatic nitrogens is 2. The van der Waals surface area contributed by atoms with Crippen molar-refractivity contribution >= 4 is 22.3 Å². The highest BCUT2D eigenvalue weighted by molar-refractivity contribution is 5.87. The summed E-state index contributed by atoms with van der Waals surface area (Å²) in [6.45, 7) is 2.90. The maximum Gasteiger partial charge on any atom is 0.162 e. The zero-order valence-electron chi connectivity index (χ0n) is 15.7. The third-order valence-corrected chi connectivity index (χ3v) is 4.27. The minimum atomic E-state index is 0.391. The van der Waals surface area contributed by atoms with Gasteiger partial charge in [-0.05, 0) is 25.1 Å². The molecule has 3 rings (SSSR count). The van der Waals surface area contributed by atoms with Crippen LogP contribution in [0.15, 0.2) is 42.7 Å². The monoisotopic (exact) mass is 368 g/mol. The molecule has 0 amide bonds. The Bertz CT molecular complexity index is 979. The molecule has 0 radical (unpaired) electrons. The number of nitrogens with two attached hydrogens (primary N) is 2. The van der Waals surface area contributed by atoms with Gasteiger partial charge in [0, 0.05) is 36.0 Å². The molecule has 0 aliphatic carbocycles. The summed E-state index contributed by atoms with van der Waals surface area (Å²) in [6.07, 6.45) is 3.30. The Kier molecular flexibility index (Phi) is 5.52. The van der Waals surface area contributed by atoms with E-state index in [-0.39, 0.29) is 0 Å². The first-order valence-corrected chi connectivity index (χ1v) is 8.55. The van der Waals surface area contributed by atoms with E-state index < -0.39 is 0 Å². The molecule has 4 N–H and O–H groups in total. The van der Waals surface area contributed by atoms with E-state index in [1.165, 1.54) is 6.20 Å². The second kappa shape index (κ2) is 8.01. The molecular formula is C20H24N4O3. The van der Waals surface area contributed by atoms with Gasteiger partial charge in [0.1, 0.15) is 6.61 Å². The Morgan fingerprint density at radius 3 is 2.67 bits per heavy atom. The third-order valence-electron chi connectivity index (χ3n) is 4.27. The zero-order valence-corrected chi connectivity index (χ0v) is 15.7. The Balaban J connectivity index is 2.07. The molecular weight excluding hydrogens is 344 g/mol. The van der Waals surface area contributed by atoms with Crippen LogP contribution in [0.3, 0.4) is 0 Å². The summed E-state index contributed by atoms with van der Waals surface area (Å²) in [5.41, 5.74) is 16.2. The van der Waals surface area contributed by atoms with Crippen molar-refractivity contribution in [2.75, 3.05) is 33.2 Å². The van der Waals surface area contributed by atoms with Crippen molar-refractivity contribution in [3.05, 3.63) is 53.9 Å². The minimum absolute atomic E-state index is 0.391. The molecule has 0 bridgehead atoms. The molecule has 0 saturated carbocycles. The van der Waals surface area contributed by atoms with E-state index >= 15 is 0 Å². The maximum atomic E-state index is 6.27. The van der Waals surface area contributed by atoms with Gasteiger partial charge in [-0.2, -0.15) is 5.10 Å². The average Bonchev–Trinajstić information content (AvgIpc) is 3.07. The Morgan fingerprint density at radius 1 is 1.15 bits per heavy atom. The molecule has 3 aromatic rings. The van der Waals surface area contributed by atoms with Crippen LogP contribution in [0.5, 0.6) is 11.5 Å². The summed E-state index contributed by atoms with van der Waals surface area (Å²) in [7, 11) is 3.19. The number of fused-ring (bicyclic) bond motifs is 1. The lowest BCUT2D eigenvalue weighted by Crippen LogP contribution is -2.09. The van der Waals surface area contributed by atoms with Crippen molar-refractivity contribution in [2.45, 2.75) is 6.92 Å². The number of nitrogens with zero attached hydrogens (tertiary/aromatic N) is 2. The first-order chi connectivity index (χ1) is 13.1. The number of anilines is 1. The lowest BCUT2D eigenvalue weighted by Gasteiger charge is -2.16. The van der Waals surface area contributed by atoms with Crippen molar-refractivity contribution in [1.29, 1.82) is 0 Å². The smallest absolute Gasteiger partial charge is 0.162 e. The van der Waals surface area contributed by atoms with Gasteiger partial charge in [-0.3, -0.25) is 0 Å². The zero-order chi connectivity index (χ0) is 19.4. The molecule has 0 atom stereocenters. The van der Waals surface area contributed by atoms with Gasteiger partial charge >= 0.3 is 0 Å². The van der Waals surface area contributed by atoms with Gasteiger partial charge in [-0.15, -0.1) is 0 Å². The summed E-state index contributed by atoms with van der Waals surface area (Å²) < 4.78 is 18.0. The van der Waals surface area contributed by atoms with E-state index in [1.807, 2.05) is 31.3 Å². The highest BCUT2D eigenvalue weighted by Crippen LogP contribution is 2.36. The van der Waals surface area contributed by atoms with Gasteiger partial charge in [-0.1, -0.05) is 11.6 Å². The number of hydrogen-bond donors (Lipinski definition) is 2. The molecule has 7 heteroatoms. The molecule has 1 aromatic heterocycles. The van der Waals surface area contributed by atoms with Crippen molar-refractivity contribution < 1.29 is 14.2 Å². The van der Waals surface area contributed by atoms with Crippen molar-refractivity contribution in [1.82, 2.24) is 9.78 Å². The summed E-state index contributed by atoms with van der Waals surface area (Å²) in [6, 6.07) is 9.65. The molecule has 7 nitrogen and oxygen atoms in total. The molecule has 1 heterocycles. The van der Waals surface area contributed by atoms with Crippen LogP contribution in [0, 0.1) is 6.92 Å². The van der Waals surface area contributed by atoms with Crippen molar-refractivity contribution in [3.63, 3.8) is 0 Å². The Hall–Kier alpha value is -3.19. The van der Waals surface area contributed by atoms with Gasteiger partial charge in [0.2, 0.25) is 0 Å². The molecule has 0 spiro atoms. The van der Waals surface area contributed by atoms with Gasteiger partial charge in [0.05, 0.1) is 31.1 Å². The normalized spacial score (nSPS) is 11.7. The van der Waals surface area contributed by atoms with E-state index in [0.29, 0.717) is 41.7 Å². The predicted octanol–water partition coefficient (Wildman–Crippen LogP) is 2.77. The van der Waals surface area contributed by atoms with Gasteiger partial charge in [0.25, 0.3) is 0 Å². The van der Waals surface area contributed by atoms with E-state index in [1.54, 1.807) is 25.0 Å². The minimum Gasteiger partial charge on any atom is -0.493 e. The second-order valence-corrected chi connectivity index (χ2v) is 6.10. The maximum absolute atomic E-state index is 6.27. The lowest BCUT2D eigenvalue weighted by molar-refractivity contribution is 0.144. The highest BCUT2D eigenvalue weighted by Gasteiger charge is 2.16. The molecule has 0 aliphatic heterocycles. The molecule has 0 saturated heterocycles. The van der Waals surface area contributed by atoms with Gasteiger partial charge in [0.15, 0.2) is 11.5 Å². The van der Waals surface area contributed by atoms with E-state index in [4.69, 9.17) is 25.7 Å². The summed E-state index contributed by atoms with van der Waals surface area (Å²) >= 11 is 0. The largest absolute Gasteiger partial charge is 0.493 e. The van der Waals surface area contributed by atoms with Crippen molar-refractivity contribution in [2.24, 2.45) is 5.73 Å². The predicted molar refractivity (Wildman–Crippen MR) is 107 cm³/mol. The number of methoxy groups -OCH3 is 2. The number of ether oxygens (including phenoxy) is 3. The lowest BCUT2D eigenvalue weighted by atomic mass is 10.1. The fraction of sp³-hybridized carbons (Fsp3) is 0.250. The summed E-state index contributed by atoms with van der Waals surface area (Å²) in [5, 5.41) is 5.52. The van der Waals surface area contributed by atoms with Crippen LogP contribution in [0.1, 0.15) is 11.1 Å². The topological polar surface area (TPSA) is 97.6 Å². The number of aryl methyl sites for hydroxylation is 1. The quantitative estimate of drug-likeness (QED) is 0.492. The summed E-state index contributed by atoms with van der Waals surface area (Å²) in [4.78, 5) is 0. The molecule has 142 valence electrons. The third kappa shape index (κ3) is 3.68. The number of benzene rings is 2. The summed E-state index contributed by atoms with van der Waals surface area (Å²) in [5.74, 6) is 1.11. The molecule has 2 aromatic carbocycles. The van der Waals surface area contributed by atoms with Crippen LogP contribution < -0.4 is 20.9 Å². The number of hydrogen-bond acceptors (Lipinski definition) is 6. The Labute approximate surface area is 158 Å². The van der Waals surface area contributed by atoms with E-state index in [9.17, 15) is 0 Å². The second-order valence-electron chi connectivity index (χ2n) is 6.10. The molecule has 27 heavy (non-hydrogen) atoms. The van der Waals surface area contributed by atoms with Crippen LogP contribution in [-0.4, -0.2) is 37.2 Å². The average molecular weight is 368 g/mol. The van der Waals surface area contributed by atoms with Crippen LogP contribution in [0.4, 0.5) is 5.69 Å². The van der Waals surface area contributed by atoms with Gasteiger partial charge < -0.3 is 25.7 Å². The fourth-order valence-electron chi connectivity index (χ4n) is 2.92. The highest BCUT2D eigenvalue weighted by atomic mass is 16.5. The van der Waals surface area contributed by atoms with Crippen molar-refractivity contribution in [3.8, 4) is 11.5 Å². The van der Waals surface area contributed by atoms with Gasteiger partial charge in [-0.25, -0.2) is 4.68 Å². The van der Waals surface area contributed by atoms with Crippen LogP contribution in [0.25, 0.3) is 16.6 Å². The SMILES string of the molecule is COCCOc1cc(/C(=C\N)n2ncc3cc(C)ccc32)c(N)cc1OC. The van der Waals surface area contributed by atoms with E-state index in [2.05, 4.69) is 11.2 Å².